The predicted molar refractivity (Wildman–Crippen MR) is 175 cm³/mol. The average Bonchev–Trinajstić information content (AvgIpc) is 3.04. The van der Waals surface area contributed by atoms with Gasteiger partial charge in [-0.3, -0.25) is 24.5 Å². The molecule has 1 fully saturated rings. The fourth-order valence-corrected chi connectivity index (χ4v) is 5.70. The number of pyridine rings is 2. The van der Waals surface area contributed by atoms with Crippen LogP contribution in [0.2, 0.25) is 5.02 Å². The molecule has 4 aromatic rings. The van der Waals surface area contributed by atoms with Gasteiger partial charge in [-0.1, -0.05) is 48.4 Å². The van der Waals surface area contributed by atoms with E-state index in [9.17, 15) is 9.59 Å². The number of nitrogens with one attached hydrogen (secondary N) is 2. The molecule has 2 aromatic heterocycles. The molecule has 228 valence electrons. The number of likely N-dealkylation sites (tertiary alicyclic amines) is 1. The van der Waals surface area contributed by atoms with E-state index < -0.39 is 0 Å². The summed E-state index contributed by atoms with van der Waals surface area (Å²) in [4.78, 5) is 37.4. The Morgan fingerprint density at radius 2 is 1.55 bits per heavy atom. The fourth-order valence-electron chi connectivity index (χ4n) is 5.42. The summed E-state index contributed by atoms with van der Waals surface area (Å²) in [5.41, 5.74) is 7.24. The van der Waals surface area contributed by atoms with Crippen molar-refractivity contribution in [3.05, 3.63) is 106 Å². The van der Waals surface area contributed by atoms with E-state index in [-0.39, 0.29) is 23.6 Å². The third-order valence-electron chi connectivity index (χ3n) is 8.26. The Balaban J connectivity index is 1.31. The lowest BCUT2D eigenvalue weighted by molar-refractivity contribution is 0.101. The highest BCUT2D eigenvalue weighted by molar-refractivity contribution is 6.36. The van der Waals surface area contributed by atoms with Gasteiger partial charge in [0.25, 0.3) is 11.8 Å². The van der Waals surface area contributed by atoms with Gasteiger partial charge in [-0.15, -0.1) is 0 Å². The van der Waals surface area contributed by atoms with Crippen molar-refractivity contribution in [1.82, 2.24) is 14.9 Å². The SMILES string of the molecule is COC(C)c1ccc(C(=O)Nc2cccc(-c3cccc(NC(=O)c4cc(C)c(CN5CCCCC5)cn4)c3C)c2Cl)nc1. The number of carbonyl (C=O) groups excluding carboxylic acids is 2. The van der Waals surface area contributed by atoms with E-state index in [2.05, 4.69) is 25.5 Å². The third kappa shape index (κ3) is 7.16. The number of benzene rings is 2. The second-order valence-corrected chi connectivity index (χ2v) is 11.6. The Bertz CT molecular complexity index is 1650. The van der Waals surface area contributed by atoms with Crippen LogP contribution >= 0.6 is 11.6 Å². The molecule has 2 N–H and O–H groups in total. The highest BCUT2D eigenvalue weighted by atomic mass is 35.5. The van der Waals surface area contributed by atoms with Crippen LogP contribution in [-0.2, 0) is 11.3 Å². The number of aromatic nitrogens is 2. The van der Waals surface area contributed by atoms with Gasteiger partial charge in [0.2, 0.25) is 0 Å². The van der Waals surface area contributed by atoms with Gasteiger partial charge in [0, 0.05) is 37.3 Å². The molecular weight excluding hydrogens is 574 g/mol. The zero-order chi connectivity index (χ0) is 31.2. The number of aryl methyl sites for hydroxylation is 1. The first-order valence-corrected chi connectivity index (χ1v) is 15.3. The van der Waals surface area contributed by atoms with Gasteiger partial charge >= 0.3 is 0 Å². The molecule has 0 radical (unpaired) electrons. The summed E-state index contributed by atoms with van der Waals surface area (Å²) in [6.45, 7) is 8.95. The van der Waals surface area contributed by atoms with Gasteiger partial charge in [0.1, 0.15) is 11.4 Å². The maximum absolute atomic E-state index is 13.2. The minimum atomic E-state index is -0.372. The maximum atomic E-state index is 13.2. The molecule has 1 aliphatic rings. The van der Waals surface area contributed by atoms with Crippen LogP contribution in [-0.4, -0.2) is 46.9 Å². The molecule has 1 aliphatic heterocycles. The second kappa shape index (κ2) is 14.1. The average molecular weight is 612 g/mol. The van der Waals surface area contributed by atoms with Crippen LogP contribution in [0, 0.1) is 13.8 Å². The molecule has 5 rings (SSSR count). The monoisotopic (exact) mass is 611 g/mol. The fraction of sp³-hybridized carbons (Fsp3) is 0.314. The molecule has 0 bridgehead atoms. The maximum Gasteiger partial charge on any atom is 0.274 e. The van der Waals surface area contributed by atoms with E-state index in [1.54, 1.807) is 25.4 Å². The minimum Gasteiger partial charge on any atom is -0.377 e. The van der Waals surface area contributed by atoms with Crippen LogP contribution in [0.25, 0.3) is 11.1 Å². The van der Waals surface area contributed by atoms with Gasteiger partial charge in [-0.25, -0.2) is 0 Å². The van der Waals surface area contributed by atoms with Crippen LogP contribution in [0.5, 0.6) is 0 Å². The van der Waals surface area contributed by atoms with E-state index in [1.165, 1.54) is 19.3 Å². The first-order valence-electron chi connectivity index (χ1n) is 14.9. The Morgan fingerprint density at radius 3 is 2.23 bits per heavy atom. The summed E-state index contributed by atoms with van der Waals surface area (Å²) in [6, 6.07) is 16.5. The standard InChI is InChI=1S/C35H38ClN5O3/c1-22-18-32(38-20-26(22)21-41-16-6-5-7-17-41)35(43)39-29-12-8-10-27(23(29)2)28-11-9-13-30(33(28)36)40-34(42)31-15-14-25(19-37-31)24(3)44-4/h8-15,18-20,24H,5-7,16-17,21H2,1-4H3,(H,39,43)(H,40,42). The number of nitrogens with zero attached hydrogens (tertiary/aromatic N) is 3. The summed E-state index contributed by atoms with van der Waals surface area (Å²) < 4.78 is 5.31. The quantitative estimate of drug-likeness (QED) is 0.202. The zero-order valence-electron chi connectivity index (χ0n) is 25.6. The number of piperidine rings is 1. The molecular formula is C35H38ClN5O3. The van der Waals surface area contributed by atoms with Crippen LogP contribution in [0.1, 0.15) is 75.5 Å². The molecule has 0 saturated carbocycles. The van der Waals surface area contributed by atoms with Crippen molar-refractivity contribution >= 4 is 34.8 Å². The summed E-state index contributed by atoms with van der Waals surface area (Å²) in [5, 5.41) is 6.29. The molecule has 9 heteroatoms. The van der Waals surface area contributed by atoms with E-state index in [4.69, 9.17) is 16.3 Å². The number of amides is 2. The molecule has 8 nitrogen and oxygen atoms in total. The van der Waals surface area contributed by atoms with Gasteiger partial charge in [-0.2, -0.15) is 0 Å². The van der Waals surface area contributed by atoms with Crippen LogP contribution < -0.4 is 10.6 Å². The first-order chi connectivity index (χ1) is 21.2. The van der Waals surface area contributed by atoms with Crippen molar-refractivity contribution in [3.63, 3.8) is 0 Å². The summed E-state index contributed by atoms with van der Waals surface area (Å²) >= 11 is 6.84. The number of halogens is 1. The Kier molecular flexibility index (Phi) is 10.0. The lowest BCUT2D eigenvalue weighted by Crippen LogP contribution is -2.29. The molecule has 2 amide bonds. The van der Waals surface area contributed by atoms with Gasteiger partial charge < -0.3 is 15.4 Å². The summed E-state index contributed by atoms with van der Waals surface area (Å²) in [6.07, 6.45) is 7.10. The van der Waals surface area contributed by atoms with Crippen LogP contribution in [0.4, 0.5) is 11.4 Å². The van der Waals surface area contributed by atoms with Crippen molar-refractivity contribution in [3.8, 4) is 11.1 Å². The molecule has 0 aliphatic carbocycles. The van der Waals surface area contributed by atoms with E-state index in [0.717, 1.165) is 53.0 Å². The van der Waals surface area contributed by atoms with Crippen LogP contribution in [0.15, 0.2) is 67.0 Å². The lowest BCUT2D eigenvalue weighted by atomic mass is 9.98. The lowest BCUT2D eigenvalue weighted by Gasteiger charge is -2.26. The molecule has 3 heterocycles. The zero-order valence-corrected chi connectivity index (χ0v) is 26.4. The summed E-state index contributed by atoms with van der Waals surface area (Å²) in [5.74, 6) is -0.647. The number of hydrogen-bond donors (Lipinski definition) is 2. The number of hydrogen-bond acceptors (Lipinski definition) is 6. The highest BCUT2D eigenvalue weighted by Crippen LogP contribution is 2.37. The number of carbonyl (C=O) groups is 2. The Morgan fingerprint density at radius 1 is 0.886 bits per heavy atom. The van der Waals surface area contributed by atoms with Crippen molar-refractivity contribution in [2.45, 2.75) is 52.7 Å². The molecule has 2 aromatic carbocycles. The highest BCUT2D eigenvalue weighted by Gasteiger charge is 2.18. The number of anilines is 2. The molecule has 1 unspecified atom stereocenters. The van der Waals surface area contributed by atoms with E-state index in [1.807, 2.05) is 69.4 Å². The van der Waals surface area contributed by atoms with Crippen molar-refractivity contribution < 1.29 is 14.3 Å². The molecule has 44 heavy (non-hydrogen) atoms. The second-order valence-electron chi connectivity index (χ2n) is 11.2. The number of rotatable bonds is 9. The number of ether oxygens (including phenoxy) is 1. The molecule has 0 spiro atoms. The Labute approximate surface area is 263 Å². The van der Waals surface area contributed by atoms with Crippen molar-refractivity contribution in [2.75, 3.05) is 30.8 Å². The van der Waals surface area contributed by atoms with E-state index >= 15 is 0 Å². The smallest absolute Gasteiger partial charge is 0.274 e. The minimum absolute atomic E-state index is 0.121. The third-order valence-corrected chi connectivity index (χ3v) is 8.66. The van der Waals surface area contributed by atoms with Crippen LogP contribution in [0.3, 0.4) is 0 Å². The summed E-state index contributed by atoms with van der Waals surface area (Å²) in [7, 11) is 1.62. The number of methoxy groups -OCH3 is 1. The van der Waals surface area contributed by atoms with Crippen molar-refractivity contribution in [2.24, 2.45) is 0 Å². The topological polar surface area (TPSA) is 96.5 Å². The van der Waals surface area contributed by atoms with E-state index in [0.29, 0.717) is 22.1 Å². The van der Waals surface area contributed by atoms with Crippen molar-refractivity contribution in [1.29, 1.82) is 0 Å². The molecule has 1 saturated heterocycles. The predicted octanol–water partition coefficient (Wildman–Crippen LogP) is 7.61. The van der Waals surface area contributed by atoms with Gasteiger partial charge in [-0.05, 0) is 98.8 Å². The van der Waals surface area contributed by atoms with Gasteiger partial charge in [0.05, 0.1) is 16.8 Å². The van der Waals surface area contributed by atoms with Gasteiger partial charge in [0.15, 0.2) is 0 Å². The first kappa shape index (κ1) is 31.3. The largest absolute Gasteiger partial charge is 0.377 e. The normalized spacial score (nSPS) is 14.2. The molecule has 1 atom stereocenters. The Hall–Kier alpha value is -4.11.